The number of aromatic nitrogens is 5. The SMILES string of the molecule is N#Cc1ccc(-n2c3ccccc3c3cc(C#N)ccc32)c(-c2ccc(-c3nc(-c4ccccc4)nc(-c4ccccc4)n3)cc2-n2c3ccccc3c3cc(C#N)ccc32)c1. The highest BCUT2D eigenvalue weighted by atomic mass is 15.0. The zero-order valence-electron chi connectivity index (χ0n) is 32.9. The van der Waals surface area contributed by atoms with E-state index in [1.165, 1.54) is 0 Å². The molecule has 0 aliphatic rings. The maximum Gasteiger partial charge on any atom is 0.164 e. The molecule has 3 heterocycles. The van der Waals surface area contributed by atoms with Crippen LogP contribution in [0.15, 0.2) is 182 Å². The fourth-order valence-corrected chi connectivity index (χ4v) is 8.64. The van der Waals surface area contributed by atoms with E-state index in [2.05, 4.69) is 63.7 Å². The van der Waals surface area contributed by atoms with Crippen LogP contribution in [-0.2, 0) is 0 Å². The summed E-state index contributed by atoms with van der Waals surface area (Å²) in [4.78, 5) is 15.2. The molecular weight excluding hydrogens is 761 g/mol. The number of hydrogen-bond acceptors (Lipinski definition) is 6. The zero-order valence-corrected chi connectivity index (χ0v) is 32.9. The van der Waals surface area contributed by atoms with E-state index in [1.807, 2.05) is 146 Å². The largest absolute Gasteiger partial charge is 0.309 e. The molecule has 8 heteroatoms. The topological polar surface area (TPSA) is 120 Å². The normalized spacial score (nSPS) is 11.2. The molecule has 0 aliphatic heterocycles. The Labute approximate surface area is 355 Å². The van der Waals surface area contributed by atoms with Gasteiger partial charge < -0.3 is 9.13 Å². The second-order valence-electron chi connectivity index (χ2n) is 15.0. The van der Waals surface area contributed by atoms with E-state index in [0.717, 1.165) is 82.8 Å². The number of fused-ring (bicyclic) bond motifs is 6. The molecule has 0 N–H and O–H groups in total. The lowest BCUT2D eigenvalue weighted by molar-refractivity contribution is 1.07. The van der Waals surface area contributed by atoms with Crippen LogP contribution in [-0.4, -0.2) is 24.1 Å². The summed E-state index contributed by atoms with van der Waals surface area (Å²) in [5.74, 6) is 1.60. The summed E-state index contributed by atoms with van der Waals surface area (Å²) in [5, 5.41) is 34.2. The van der Waals surface area contributed by atoms with Crippen molar-refractivity contribution in [3.8, 4) is 74.9 Å². The van der Waals surface area contributed by atoms with Gasteiger partial charge in [0.05, 0.1) is 68.3 Å². The Morgan fingerprint density at radius 2 is 0.758 bits per heavy atom. The molecule has 0 fully saturated rings. The van der Waals surface area contributed by atoms with Crippen molar-refractivity contribution in [2.24, 2.45) is 0 Å². The molecule has 0 radical (unpaired) electrons. The highest BCUT2D eigenvalue weighted by Crippen LogP contribution is 2.42. The van der Waals surface area contributed by atoms with Crippen LogP contribution >= 0.6 is 0 Å². The van der Waals surface area contributed by atoms with Gasteiger partial charge in [0.25, 0.3) is 0 Å². The molecule has 8 aromatic carbocycles. The summed E-state index contributed by atoms with van der Waals surface area (Å²) < 4.78 is 4.45. The first-order valence-electron chi connectivity index (χ1n) is 20.0. The van der Waals surface area contributed by atoms with Crippen molar-refractivity contribution in [2.45, 2.75) is 0 Å². The van der Waals surface area contributed by atoms with Gasteiger partial charge in [0.2, 0.25) is 0 Å². The van der Waals surface area contributed by atoms with E-state index < -0.39 is 0 Å². The van der Waals surface area contributed by atoms with Crippen LogP contribution in [0.5, 0.6) is 0 Å². The fraction of sp³-hybridized carbons (Fsp3) is 0. The summed E-state index contributed by atoms with van der Waals surface area (Å²) in [6.45, 7) is 0. The molecule has 286 valence electrons. The van der Waals surface area contributed by atoms with Gasteiger partial charge in [-0.1, -0.05) is 109 Å². The standard InChI is InChI=1S/C54H30N8/c55-31-34-19-24-48-43(27-34)40-15-7-9-17-46(40)61(48)49-25-20-36(33-57)29-45(49)42-23-22-39(30-51(42)62-47-18-10-8-16-41(47)44-28-35(32-56)21-26-50(44)62)54-59-52(37-11-3-1-4-12-37)58-53(60-54)38-13-5-2-6-14-38/h1-30H. The van der Waals surface area contributed by atoms with Gasteiger partial charge in [-0.15, -0.1) is 0 Å². The Morgan fingerprint density at radius 3 is 1.29 bits per heavy atom. The molecule has 11 rings (SSSR count). The zero-order chi connectivity index (χ0) is 41.7. The number of nitrogens with zero attached hydrogens (tertiary/aromatic N) is 8. The third kappa shape index (κ3) is 5.86. The minimum absolute atomic E-state index is 0.500. The van der Waals surface area contributed by atoms with Crippen molar-refractivity contribution in [3.05, 3.63) is 199 Å². The van der Waals surface area contributed by atoms with Gasteiger partial charge in [-0.25, -0.2) is 15.0 Å². The van der Waals surface area contributed by atoms with E-state index in [-0.39, 0.29) is 0 Å². The molecule has 0 bridgehead atoms. The van der Waals surface area contributed by atoms with Crippen molar-refractivity contribution in [3.63, 3.8) is 0 Å². The second kappa shape index (κ2) is 14.6. The summed E-state index contributed by atoms with van der Waals surface area (Å²) in [6, 6.07) is 66.9. The fourth-order valence-electron chi connectivity index (χ4n) is 8.64. The number of hydrogen-bond donors (Lipinski definition) is 0. The highest BCUT2D eigenvalue weighted by Gasteiger charge is 2.23. The number of benzene rings is 8. The Hall–Kier alpha value is -9.16. The van der Waals surface area contributed by atoms with E-state index >= 15 is 0 Å². The quantitative estimate of drug-likeness (QED) is 0.165. The van der Waals surface area contributed by atoms with Crippen LogP contribution in [0.4, 0.5) is 0 Å². The van der Waals surface area contributed by atoms with Crippen LogP contribution < -0.4 is 0 Å². The Bertz CT molecular complexity index is 3670. The van der Waals surface area contributed by atoms with Gasteiger partial charge in [0, 0.05) is 49.4 Å². The van der Waals surface area contributed by atoms with E-state index in [9.17, 15) is 15.8 Å². The molecule has 0 saturated heterocycles. The minimum atomic E-state index is 0.500. The number of rotatable bonds is 6. The second-order valence-corrected chi connectivity index (χ2v) is 15.0. The van der Waals surface area contributed by atoms with Gasteiger partial charge in [-0.3, -0.25) is 0 Å². The molecule has 3 aromatic heterocycles. The van der Waals surface area contributed by atoms with Gasteiger partial charge in [-0.2, -0.15) is 15.8 Å². The Morgan fingerprint density at radius 1 is 0.323 bits per heavy atom. The predicted octanol–water partition coefficient (Wildman–Crippen LogP) is 12.3. The highest BCUT2D eigenvalue weighted by molar-refractivity contribution is 6.12. The smallest absolute Gasteiger partial charge is 0.164 e. The van der Waals surface area contributed by atoms with Crippen LogP contribution in [0.2, 0.25) is 0 Å². The minimum Gasteiger partial charge on any atom is -0.309 e. The summed E-state index contributed by atoms with van der Waals surface area (Å²) in [5.41, 5.74) is 11.3. The number of para-hydroxylation sites is 2. The molecule has 0 aliphatic carbocycles. The van der Waals surface area contributed by atoms with Crippen molar-refractivity contribution < 1.29 is 0 Å². The van der Waals surface area contributed by atoms with E-state index in [0.29, 0.717) is 34.2 Å². The molecule has 0 atom stereocenters. The molecule has 0 amide bonds. The first-order chi connectivity index (χ1) is 30.6. The first-order valence-corrected chi connectivity index (χ1v) is 20.0. The molecule has 0 unspecified atom stereocenters. The van der Waals surface area contributed by atoms with Gasteiger partial charge in [0.15, 0.2) is 17.5 Å². The van der Waals surface area contributed by atoms with Crippen LogP contribution in [0.1, 0.15) is 16.7 Å². The maximum absolute atomic E-state index is 10.4. The summed E-state index contributed by atoms with van der Waals surface area (Å²) >= 11 is 0. The average molecular weight is 791 g/mol. The molecule has 11 aromatic rings. The third-order valence-electron chi connectivity index (χ3n) is 11.5. The third-order valence-corrected chi connectivity index (χ3v) is 11.5. The van der Waals surface area contributed by atoms with Crippen molar-refractivity contribution in [1.82, 2.24) is 24.1 Å². The van der Waals surface area contributed by atoms with Gasteiger partial charge >= 0.3 is 0 Å². The van der Waals surface area contributed by atoms with E-state index in [4.69, 9.17) is 15.0 Å². The number of nitriles is 3. The molecule has 62 heavy (non-hydrogen) atoms. The van der Waals surface area contributed by atoms with Crippen molar-refractivity contribution in [1.29, 1.82) is 15.8 Å². The maximum atomic E-state index is 10.4. The Kier molecular flexibility index (Phi) is 8.46. The molecule has 0 saturated carbocycles. The lowest BCUT2D eigenvalue weighted by Crippen LogP contribution is -2.04. The van der Waals surface area contributed by atoms with Crippen LogP contribution in [0.25, 0.3) is 100 Å². The lowest BCUT2D eigenvalue weighted by atomic mass is 9.97. The first kappa shape index (κ1) is 36.0. The van der Waals surface area contributed by atoms with Crippen LogP contribution in [0.3, 0.4) is 0 Å². The van der Waals surface area contributed by atoms with Crippen molar-refractivity contribution in [2.75, 3.05) is 0 Å². The molecule has 0 spiro atoms. The monoisotopic (exact) mass is 790 g/mol. The molecular formula is C54H30N8. The predicted molar refractivity (Wildman–Crippen MR) is 244 cm³/mol. The summed E-state index contributed by atoms with van der Waals surface area (Å²) in [6.07, 6.45) is 0. The molecule has 8 nitrogen and oxygen atoms in total. The average Bonchev–Trinajstić information content (AvgIpc) is 3.86. The summed E-state index contributed by atoms with van der Waals surface area (Å²) in [7, 11) is 0. The van der Waals surface area contributed by atoms with E-state index in [1.54, 1.807) is 0 Å². The van der Waals surface area contributed by atoms with Crippen molar-refractivity contribution >= 4 is 43.6 Å². The Balaban J connectivity index is 1.24. The van der Waals surface area contributed by atoms with Gasteiger partial charge in [-0.05, 0) is 72.8 Å². The van der Waals surface area contributed by atoms with Gasteiger partial charge in [0.1, 0.15) is 0 Å². The lowest BCUT2D eigenvalue weighted by Gasteiger charge is -2.20. The van der Waals surface area contributed by atoms with Crippen LogP contribution in [0, 0.1) is 34.0 Å².